The third kappa shape index (κ3) is 2.68. The first-order valence-corrected chi connectivity index (χ1v) is 7.62. The van der Waals surface area contributed by atoms with E-state index in [2.05, 4.69) is 54.7 Å². The number of nitrogens with one attached hydrogen (secondary N) is 1. The SMILES string of the molecule is CNC(CC1Cc2ccccc21)c1cc(C)ccc1OC. The number of ether oxygens (including phenoxy) is 1. The molecule has 2 aromatic rings. The van der Waals surface area contributed by atoms with Crippen LogP contribution in [0.2, 0.25) is 0 Å². The molecule has 2 heteroatoms. The lowest BCUT2D eigenvalue weighted by Crippen LogP contribution is -2.25. The minimum Gasteiger partial charge on any atom is -0.496 e. The van der Waals surface area contributed by atoms with Crippen molar-refractivity contribution in [1.82, 2.24) is 5.32 Å². The van der Waals surface area contributed by atoms with E-state index in [4.69, 9.17) is 4.74 Å². The molecule has 1 aliphatic carbocycles. The van der Waals surface area contributed by atoms with Crippen molar-refractivity contribution in [2.75, 3.05) is 14.2 Å². The maximum absolute atomic E-state index is 5.55. The fraction of sp³-hybridized carbons (Fsp3) is 0.368. The van der Waals surface area contributed by atoms with E-state index in [9.17, 15) is 0 Å². The van der Waals surface area contributed by atoms with Crippen LogP contribution in [0, 0.1) is 6.92 Å². The van der Waals surface area contributed by atoms with Gasteiger partial charge in [0.1, 0.15) is 5.75 Å². The molecule has 0 fully saturated rings. The van der Waals surface area contributed by atoms with E-state index in [-0.39, 0.29) is 0 Å². The van der Waals surface area contributed by atoms with Gasteiger partial charge in [-0.3, -0.25) is 0 Å². The minimum atomic E-state index is 0.332. The van der Waals surface area contributed by atoms with Gasteiger partial charge in [0, 0.05) is 11.6 Å². The average Bonchev–Trinajstić information content (AvgIpc) is 2.48. The third-order valence-electron chi connectivity index (χ3n) is 4.59. The molecular weight excluding hydrogens is 258 g/mol. The highest BCUT2D eigenvalue weighted by Gasteiger charge is 2.29. The predicted octanol–water partition coefficient (Wildman–Crippen LogP) is 3.99. The van der Waals surface area contributed by atoms with Crippen LogP contribution < -0.4 is 10.1 Å². The molecule has 0 heterocycles. The second-order valence-corrected chi connectivity index (χ2v) is 5.92. The summed E-state index contributed by atoms with van der Waals surface area (Å²) in [6, 6.07) is 15.5. The van der Waals surface area contributed by atoms with Gasteiger partial charge < -0.3 is 10.1 Å². The number of methoxy groups -OCH3 is 1. The van der Waals surface area contributed by atoms with E-state index in [1.807, 2.05) is 7.05 Å². The Bertz CT molecular complexity index is 635. The molecule has 0 radical (unpaired) electrons. The highest BCUT2D eigenvalue weighted by Crippen LogP contribution is 2.42. The molecule has 21 heavy (non-hydrogen) atoms. The number of rotatable bonds is 5. The summed E-state index contributed by atoms with van der Waals surface area (Å²) in [6.45, 7) is 2.13. The van der Waals surface area contributed by atoms with E-state index in [1.54, 1.807) is 7.11 Å². The first kappa shape index (κ1) is 14.2. The summed E-state index contributed by atoms with van der Waals surface area (Å²) >= 11 is 0. The van der Waals surface area contributed by atoms with Gasteiger partial charge in [-0.2, -0.15) is 0 Å². The largest absolute Gasteiger partial charge is 0.496 e. The Labute approximate surface area is 127 Å². The summed E-state index contributed by atoms with van der Waals surface area (Å²) in [5.41, 5.74) is 5.57. The molecule has 110 valence electrons. The molecule has 0 amide bonds. The molecule has 3 rings (SSSR count). The molecule has 1 N–H and O–H groups in total. The lowest BCUT2D eigenvalue weighted by molar-refractivity contribution is 0.389. The standard InChI is InChI=1S/C19H23NO/c1-13-8-9-19(21-3)17(10-13)18(20-2)12-15-11-14-6-4-5-7-16(14)15/h4-10,15,18,20H,11-12H2,1-3H3. The van der Waals surface area contributed by atoms with E-state index >= 15 is 0 Å². The fourth-order valence-corrected chi connectivity index (χ4v) is 3.38. The van der Waals surface area contributed by atoms with Crippen molar-refractivity contribution in [2.45, 2.75) is 31.7 Å². The van der Waals surface area contributed by atoms with Crippen molar-refractivity contribution in [2.24, 2.45) is 0 Å². The topological polar surface area (TPSA) is 21.3 Å². The number of aryl methyl sites for hydroxylation is 1. The second-order valence-electron chi connectivity index (χ2n) is 5.92. The molecule has 0 saturated heterocycles. The highest BCUT2D eigenvalue weighted by atomic mass is 16.5. The zero-order chi connectivity index (χ0) is 14.8. The lowest BCUT2D eigenvalue weighted by Gasteiger charge is -2.33. The van der Waals surface area contributed by atoms with Gasteiger partial charge in [-0.25, -0.2) is 0 Å². The van der Waals surface area contributed by atoms with Gasteiger partial charge in [-0.05, 0) is 49.9 Å². The van der Waals surface area contributed by atoms with Crippen LogP contribution in [0.15, 0.2) is 42.5 Å². The number of fused-ring (bicyclic) bond motifs is 1. The lowest BCUT2D eigenvalue weighted by atomic mass is 9.73. The summed E-state index contributed by atoms with van der Waals surface area (Å²) in [4.78, 5) is 0. The normalized spacial score (nSPS) is 17.8. The minimum absolute atomic E-state index is 0.332. The molecule has 2 nitrogen and oxygen atoms in total. The average molecular weight is 281 g/mol. The van der Waals surface area contributed by atoms with Crippen LogP contribution in [0.3, 0.4) is 0 Å². The Morgan fingerprint density at radius 2 is 2.05 bits per heavy atom. The second kappa shape index (κ2) is 5.90. The zero-order valence-corrected chi connectivity index (χ0v) is 13.0. The van der Waals surface area contributed by atoms with Gasteiger partial charge in [-0.1, -0.05) is 42.0 Å². The van der Waals surface area contributed by atoms with E-state index in [1.165, 1.54) is 28.7 Å². The molecule has 2 unspecified atom stereocenters. The molecule has 0 aromatic heterocycles. The molecule has 2 aromatic carbocycles. The summed E-state index contributed by atoms with van der Waals surface area (Å²) in [7, 11) is 3.79. The van der Waals surface area contributed by atoms with Crippen molar-refractivity contribution >= 4 is 0 Å². The first-order valence-electron chi connectivity index (χ1n) is 7.62. The third-order valence-corrected chi connectivity index (χ3v) is 4.59. The van der Waals surface area contributed by atoms with Crippen molar-refractivity contribution in [1.29, 1.82) is 0 Å². The zero-order valence-electron chi connectivity index (χ0n) is 13.0. The number of hydrogen-bond donors (Lipinski definition) is 1. The fourth-order valence-electron chi connectivity index (χ4n) is 3.38. The monoisotopic (exact) mass is 281 g/mol. The highest BCUT2D eigenvalue weighted by molar-refractivity contribution is 5.42. The van der Waals surface area contributed by atoms with Crippen LogP contribution in [0.1, 0.15) is 40.6 Å². The van der Waals surface area contributed by atoms with Crippen LogP contribution in [0.25, 0.3) is 0 Å². The summed E-state index contributed by atoms with van der Waals surface area (Å²) in [5.74, 6) is 1.64. The quantitative estimate of drug-likeness (QED) is 0.894. The van der Waals surface area contributed by atoms with Crippen molar-refractivity contribution in [3.8, 4) is 5.75 Å². The summed E-state index contributed by atoms with van der Waals surface area (Å²) < 4.78 is 5.55. The van der Waals surface area contributed by atoms with Gasteiger partial charge in [-0.15, -0.1) is 0 Å². The Balaban J connectivity index is 1.82. The van der Waals surface area contributed by atoms with Gasteiger partial charge in [0.25, 0.3) is 0 Å². The van der Waals surface area contributed by atoms with Gasteiger partial charge in [0.15, 0.2) is 0 Å². The van der Waals surface area contributed by atoms with Crippen molar-refractivity contribution < 1.29 is 4.74 Å². The van der Waals surface area contributed by atoms with Crippen molar-refractivity contribution in [3.05, 3.63) is 64.7 Å². The Morgan fingerprint density at radius 3 is 2.76 bits per heavy atom. The maximum Gasteiger partial charge on any atom is 0.123 e. The molecule has 0 aliphatic heterocycles. The van der Waals surface area contributed by atoms with E-state index in [0.717, 1.165) is 12.2 Å². The van der Waals surface area contributed by atoms with Crippen LogP contribution in [-0.4, -0.2) is 14.2 Å². The molecule has 0 spiro atoms. The first-order chi connectivity index (χ1) is 10.2. The Kier molecular flexibility index (Phi) is 3.98. The molecule has 1 aliphatic rings. The van der Waals surface area contributed by atoms with Crippen LogP contribution >= 0.6 is 0 Å². The van der Waals surface area contributed by atoms with Gasteiger partial charge in [0.05, 0.1) is 7.11 Å². The van der Waals surface area contributed by atoms with E-state index < -0.39 is 0 Å². The molecule has 0 saturated carbocycles. The van der Waals surface area contributed by atoms with Crippen LogP contribution in [0.5, 0.6) is 5.75 Å². The Hall–Kier alpha value is -1.80. The van der Waals surface area contributed by atoms with Crippen LogP contribution in [-0.2, 0) is 6.42 Å². The van der Waals surface area contributed by atoms with Crippen LogP contribution in [0.4, 0.5) is 0 Å². The summed E-state index contributed by atoms with van der Waals surface area (Å²) in [6.07, 6.45) is 2.32. The molecular formula is C19H23NO. The smallest absolute Gasteiger partial charge is 0.123 e. The van der Waals surface area contributed by atoms with Crippen molar-refractivity contribution in [3.63, 3.8) is 0 Å². The summed E-state index contributed by atoms with van der Waals surface area (Å²) in [5, 5.41) is 3.47. The maximum atomic E-state index is 5.55. The molecule has 0 bridgehead atoms. The van der Waals surface area contributed by atoms with Gasteiger partial charge in [0.2, 0.25) is 0 Å². The van der Waals surface area contributed by atoms with Gasteiger partial charge >= 0.3 is 0 Å². The number of benzene rings is 2. The predicted molar refractivity (Wildman–Crippen MR) is 87.0 cm³/mol. The Morgan fingerprint density at radius 1 is 1.24 bits per heavy atom. The van der Waals surface area contributed by atoms with E-state index in [0.29, 0.717) is 12.0 Å². The number of hydrogen-bond acceptors (Lipinski definition) is 2. The molecule has 2 atom stereocenters.